The van der Waals surface area contributed by atoms with E-state index in [1.165, 1.54) is 0 Å². The van der Waals surface area contributed by atoms with Crippen LogP contribution in [0.15, 0.2) is 40.4 Å². The zero-order valence-electron chi connectivity index (χ0n) is 18.5. The maximum Gasteiger partial charge on any atom is 0.220 e. The van der Waals surface area contributed by atoms with Gasteiger partial charge in [0.2, 0.25) is 15.9 Å². The Morgan fingerprint density at radius 3 is 2.54 bits per heavy atom. The molecule has 1 heterocycles. The highest BCUT2D eigenvalue weighted by Crippen LogP contribution is 2.26. The average Bonchev–Trinajstić information content (AvgIpc) is 3.20. The van der Waals surface area contributed by atoms with Crippen LogP contribution in [0, 0.1) is 0 Å². The van der Waals surface area contributed by atoms with Gasteiger partial charge in [-0.3, -0.25) is 4.99 Å². The van der Waals surface area contributed by atoms with E-state index >= 15 is 0 Å². The maximum atomic E-state index is 12.9. The average molecular weight is 412 g/mol. The minimum Gasteiger partial charge on any atom is -0.481 e. The van der Waals surface area contributed by atoms with Crippen molar-refractivity contribution in [1.82, 2.24) is 9.21 Å². The minimum absolute atomic E-state index is 0.305. The van der Waals surface area contributed by atoms with Gasteiger partial charge in [-0.05, 0) is 51.9 Å². The first kappa shape index (κ1) is 24.6. The quantitative estimate of drug-likeness (QED) is 0.497. The van der Waals surface area contributed by atoms with Crippen molar-refractivity contribution in [2.75, 3.05) is 40.8 Å². The Kier molecular flexibility index (Phi) is 10.1. The van der Waals surface area contributed by atoms with Crippen LogP contribution in [0.2, 0.25) is 0 Å². The predicted octanol–water partition coefficient (Wildman–Crippen LogP) is 3.24. The fourth-order valence-electron chi connectivity index (χ4n) is 3.26. The van der Waals surface area contributed by atoms with Crippen LogP contribution in [0.25, 0.3) is 0 Å². The molecule has 0 bridgehead atoms. The van der Waals surface area contributed by atoms with E-state index in [1.54, 1.807) is 11.4 Å². The molecule has 7 heteroatoms. The highest BCUT2D eigenvalue weighted by molar-refractivity contribution is 7.89. The number of methoxy groups -OCH3 is 1. The molecule has 1 saturated heterocycles. The van der Waals surface area contributed by atoms with E-state index in [0.29, 0.717) is 38.0 Å². The SMILES string of the molecule is CC.CCN=C(/C=C(\C)C1=CCC(S(=O)(=O)N2CCC(N(C)C)C2)C=C1)OC. The number of rotatable bonds is 6. The van der Waals surface area contributed by atoms with Gasteiger partial charge < -0.3 is 9.64 Å². The summed E-state index contributed by atoms with van der Waals surface area (Å²) in [6.45, 7) is 9.79. The van der Waals surface area contributed by atoms with Crippen molar-refractivity contribution in [2.24, 2.45) is 4.99 Å². The lowest BCUT2D eigenvalue weighted by molar-refractivity contribution is 0.302. The summed E-state index contributed by atoms with van der Waals surface area (Å²) >= 11 is 0. The third kappa shape index (κ3) is 6.29. The van der Waals surface area contributed by atoms with Gasteiger partial charge in [0.15, 0.2) is 0 Å². The summed E-state index contributed by atoms with van der Waals surface area (Å²) in [6.07, 6.45) is 8.98. The highest BCUT2D eigenvalue weighted by atomic mass is 32.2. The van der Waals surface area contributed by atoms with Crippen molar-refractivity contribution in [3.05, 3.63) is 35.5 Å². The number of ether oxygens (including phenoxy) is 1. The van der Waals surface area contributed by atoms with Crippen LogP contribution in [0.1, 0.15) is 40.5 Å². The van der Waals surface area contributed by atoms with E-state index in [1.807, 2.05) is 66.1 Å². The van der Waals surface area contributed by atoms with Gasteiger partial charge in [0, 0.05) is 31.8 Å². The van der Waals surface area contributed by atoms with Crippen molar-refractivity contribution >= 4 is 15.9 Å². The van der Waals surface area contributed by atoms with E-state index in [2.05, 4.69) is 9.89 Å². The van der Waals surface area contributed by atoms with Crippen molar-refractivity contribution in [2.45, 2.75) is 51.8 Å². The first-order valence-corrected chi connectivity index (χ1v) is 11.6. The molecule has 0 amide bonds. The smallest absolute Gasteiger partial charge is 0.220 e. The lowest BCUT2D eigenvalue weighted by Crippen LogP contribution is -2.39. The van der Waals surface area contributed by atoms with Crippen LogP contribution in [0.5, 0.6) is 0 Å². The first-order chi connectivity index (χ1) is 13.3. The molecule has 0 radical (unpaired) electrons. The molecular formula is C21H37N3O3S. The molecule has 2 unspecified atom stereocenters. The van der Waals surface area contributed by atoms with E-state index in [4.69, 9.17) is 4.74 Å². The molecule has 0 N–H and O–H groups in total. The number of hydrogen-bond acceptors (Lipinski definition) is 5. The van der Waals surface area contributed by atoms with E-state index in [-0.39, 0.29) is 0 Å². The van der Waals surface area contributed by atoms with Gasteiger partial charge in [0.1, 0.15) is 0 Å². The Balaban J connectivity index is 0.00000190. The minimum atomic E-state index is -3.31. The number of nitrogens with zero attached hydrogens (tertiary/aromatic N) is 3. The van der Waals surface area contributed by atoms with Gasteiger partial charge in [-0.2, -0.15) is 4.31 Å². The van der Waals surface area contributed by atoms with Gasteiger partial charge in [-0.25, -0.2) is 8.42 Å². The van der Waals surface area contributed by atoms with Crippen LogP contribution in [-0.2, 0) is 14.8 Å². The topological polar surface area (TPSA) is 62.2 Å². The molecule has 1 fully saturated rings. The summed E-state index contributed by atoms with van der Waals surface area (Å²) in [5, 5.41) is -0.480. The fraction of sp³-hybridized carbons (Fsp3) is 0.667. The molecule has 0 saturated carbocycles. The van der Waals surface area contributed by atoms with Crippen LogP contribution < -0.4 is 0 Å². The van der Waals surface area contributed by atoms with Crippen LogP contribution >= 0.6 is 0 Å². The third-order valence-electron chi connectivity index (χ3n) is 4.98. The Morgan fingerprint density at radius 2 is 2.07 bits per heavy atom. The van der Waals surface area contributed by atoms with Gasteiger partial charge in [-0.1, -0.05) is 32.1 Å². The molecular weight excluding hydrogens is 374 g/mol. The monoisotopic (exact) mass is 411 g/mol. The highest BCUT2D eigenvalue weighted by Gasteiger charge is 2.36. The summed E-state index contributed by atoms with van der Waals surface area (Å²) < 4.78 is 32.7. The first-order valence-electron chi connectivity index (χ1n) is 10.1. The van der Waals surface area contributed by atoms with Gasteiger partial charge in [0.05, 0.1) is 12.4 Å². The second kappa shape index (κ2) is 11.5. The Labute approximate surface area is 171 Å². The van der Waals surface area contributed by atoms with Crippen LogP contribution in [0.3, 0.4) is 0 Å². The molecule has 0 aromatic heterocycles. The van der Waals surface area contributed by atoms with E-state index in [9.17, 15) is 8.42 Å². The summed E-state index contributed by atoms with van der Waals surface area (Å²) in [5.41, 5.74) is 2.03. The number of aliphatic imine (C=N–C) groups is 1. The molecule has 6 nitrogen and oxygen atoms in total. The normalized spacial score (nSPS) is 24.1. The largest absolute Gasteiger partial charge is 0.481 e. The summed E-state index contributed by atoms with van der Waals surface area (Å²) in [5.74, 6) is 0.584. The molecule has 0 aromatic carbocycles. The predicted molar refractivity (Wildman–Crippen MR) is 118 cm³/mol. The third-order valence-corrected chi connectivity index (χ3v) is 7.14. The summed E-state index contributed by atoms with van der Waals surface area (Å²) in [4.78, 5) is 6.37. The fourth-order valence-corrected chi connectivity index (χ4v) is 5.00. The van der Waals surface area contributed by atoms with E-state index < -0.39 is 15.3 Å². The number of allylic oxidation sites excluding steroid dienone is 4. The van der Waals surface area contributed by atoms with Crippen molar-refractivity contribution in [3.63, 3.8) is 0 Å². The van der Waals surface area contributed by atoms with Gasteiger partial charge >= 0.3 is 0 Å². The standard InChI is InChI=1S/C19H31N3O3S.C2H6/c1-6-20-19(25-5)13-15(2)16-7-9-18(10-8-16)26(23,24)22-12-11-17(14-22)21(3)4;1-2/h7-9,13,17-18H,6,10-12,14H2,1-5H3;1-2H3/b15-13+,20-19?;. The Bertz CT molecular complexity index is 721. The molecule has 0 aromatic rings. The molecule has 2 atom stereocenters. The molecule has 1 aliphatic heterocycles. The summed E-state index contributed by atoms with van der Waals surface area (Å²) in [6, 6.07) is 0.305. The molecule has 160 valence electrons. The zero-order chi connectivity index (χ0) is 21.3. The van der Waals surface area contributed by atoms with Crippen molar-refractivity contribution in [3.8, 4) is 0 Å². The number of hydrogen-bond donors (Lipinski definition) is 0. The number of likely N-dealkylation sites (N-methyl/N-ethyl adjacent to an activating group) is 1. The zero-order valence-corrected chi connectivity index (χ0v) is 19.3. The molecule has 28 heavy (non-hydrogen) atoms. The van der Waals surface area contributed by atoms with Crippen LogP contribution in [0.4, 0.5) is 0 Å². The van der Waals surface area contributed by atoms with Gasteiger partial charge in [0.25, 0.3) is 0 Å². The second-order valence-electron chi connectivity index (χ2n) is 6.95. The molecule has 1 aliphatic carbocycles. The second-order valence-corrected chi connectivity index (χ2v) is 9.10. The molecule has 2 aliphatic rings. The summed E-state index contributed by atoms with van der Waals surface area (Å²) in [7, 11) is 2.30. The van der Waals surface area contributed by atoms with Crippen molar-refractivity contribution < 1.29 is 13.2 Å². The van der Waals surface area contributed by atoms with E-state index in [0.717, 1.165) is 17.6 Å². The van der Waals surface area contributed by atoms with Gasteiger partial charge in [-0.15, -0.1) is 0 Å². The lowest BCUT2D eigenvalue weighted by Gasteiger charge is -2.25. The molecule has 2 rings (SSSR count). The van der Waals surface area contributed by atoms with Crippen LogP contribution in [-0.4, -0.2) is 75.7 Å². The Morgan fingerprint density at radius 1 is 1.39 bits per heavy atom. The molecule has 0 spiro atoms. The number of sulfonamides is 1. The van der Waals surface area contributed by atoms with Crippen molar-refractivity contribution in [1.29, 1.82) is 0 Å². The Hall–Kier alpha value is -1.44. The maximum absolute atomic E-state index is 12.9. The lowest BCUT2D eigenvalue weighted by atomic mass is 10.0.